The molecule has 3 nitrogen and oxygen atoms in total. The van der Waals surface area contributed by atoms with Crippen molar-refractivity contribution in [1.29, 1.82) is 0 Å². The molecule has 0 bridgehead atoms. The summed E-state index contributed by atoms with van der Waals surface area (Å²) >= 11 is 0. The molecule has 3 aliphatic heterocycles. The first-order valence-electron chi connectivity index (χ1n) is 13.1. The van der Waals surface area contributed by atoms with E-state index in [2.05, 4.69) is 92.9 Å². The van der Waals surface area contributed by atoms with Gasteiger partial charge in [-0.25, -0.2) is 0 Å². The molecule has 0 aliphatic carbocycles. The second-order valence-corrected chi connectivity index (χ2v) is 14.5. The number of rotatable bonds is 2. The predicted molar refractivity (Wildman–Crippen MR) is 138 cm³/mol. The molecule has 0 spiro atoms. The van der Waals surface area contributed by atoms with Gasteiger partial charge < -0.3 is 5.32 Å². The summed E-state index contributed by atoms with van der Waals surface area (Å²) in [6.07, 6.45) is 11.9. The van der Waals surface area contributed by atoms with Crippen LogP contribution >= 0.6 is 0 Å². The van der Waals surface area contributed by atoms with E-state index in [1.165, 1.54) is 57.8 Å². The molecule has 3 heterocycles. The topological polar surface area (TPSA) is 20.6 Å². The van der Waals surface area contributed by atoms with Crippen molar-refractivity contribution in [3.05, 3.63) is 5.32 Å². The molecule has 3 aliphatic rings. The van der Waals surface area contributed by atoms with E-state index < -0.39 is 0 Å². The zero-order chi connectivity index (χ0) is 23.9. The average molecular weight is 442 g/mol. The average Bonchev–Trinajstić information content (AvgIpc) is 2.49. The first kappa shape index (κ1) is 30.5. The van der Waals surface area contributed by atoms with Crippen LogP contribution in [0.4, 0.5) is 0 Å². The van der Waals surface area contributed by atoms with E-state index in [4.69, 9.17) is 5.32 Å². The van der Waals surface area contributed by atoms with Crippen LogP contribution in [-0.4, -0.2) is 49.7 Å². The maximum absolute atomic E-state index is 4.75. The molecule has 3 saturated heterocycles. The van der Waals surface area contributed by atoms with Crippen molar-refractivity contribution in [3.63, 3.8) is 0 Å². The summed E-state index contributed by atoms with van der Waals surface area (Å²) in [5.74, 6) is 0. The van der Waals surface area contributed by atoms with Gasteiger partial charge in [0, 0.05) is 22.2 Å². The van der Waals surface area contributed by atoms with Crippen molar-refractivity contribution in [2.24, 2.45) is 0 Å². The summed E-state index contributed by atoms with van der Waals surface area (Å²) < 4.78 is 0. The molecular weight excluding hydrogens is 385 g/mol. The van der Waals surface area contributed by atoms with Crippen LogP contribution in [0.1, 0.15) is 141 Å². The quantitative estimate of drug-likeness (QED) is 0.554. The van der Waals surface area contributed by atoms with Gasteiger partial charge in [0.05, 0.1) is 6.67 Å². The van der Waals surface area contributed by atoms with Crippen LogP contribution in [0, 0.1) is 0 Å². The van der Waals surface area contributed by atoms with Crippen LogP contribution in [-0.2, 0) is 0 Å². The Labute approximate surface area is 214 Å². The van der Waals surface area contributed by atoms with Gasteiger partial charge in [-0.3, -0.25) is 9.80 Å². The molecule has 184 valence electrons. The molecule has 32 heavy (non-hydrogen) atoms. The second-order valence-electron chi connectivity index (χ2n) is 14.5. The van der Waals surface area contributed by atoms with E-state index in [-0.39, 0.29) is 29.9 Å². The zero-order valence-corrected chi connectivity index (χ0v) is 24.4. The van der Waals surface area contributed by atoms with E-state index in [0.29, 0.717) is 22.2 Å². The Kier molecular flexibility index (Phi) is 9.75. The Morgan fingerprint density at radius 2 is 0.719 bits per heavy atom. The van der Waals surface area contributed by atoms with E-state index >= 15 is 0 Å². The molecule has 0 aromatic rings. The van der Waals surface area contributed by atoms with Crippen LogP contribution < -0.4 is 18.9 Å². The molecule has 3 fully saturated rings. The van der Waals surface area contributed by atoms with E-state index in [1.807, 2.05) is 0 Å². The first-order chi connectivity index (χ1) is 13.8. The molecule has 0 aromatic carbocycles. The van der Waals surface area contributed by atoms with Crippen LogP contribution in [0.25, 0.3) is 5.32 Å². The minimum Gasteiger partial charge on any atom is -0.652 e. The maximum atomic E-state index is 4.75. The third-order valence-corrected chi connectivity index (χ3v) is 8.54. The fraction of sp³-hybridized carbons (Fsp3) is 1.00. The monoisotopic (exact) mass is 441 g/mol. The van der Waals surface area contributed by atoms with Crippen molar-refractivity contribution in [2.45, 2.75) is 174 Å². The summed E-state index contributed by atoms with van der Waals surface area (Å²) in [6, 6.07) is 0. The van der Waals surface area contributed by atoms with Crippen molar-refractivity contribution in [3.8, 4) is 0 Å². The number of piperidine rings is 3. The minimum atomic E-state index is 0. The number of nitrogens with zero attached hydrogens (tertiary/aromatic N) is 3. The fourth-order valence-electron chi connectivity index (χ4n) is 6.88. The van der Waals surface area contributed by atoms with Crippen molar-refractivity contribution >= 4 is 0 Å². The molecular formula is C28H56LiN3. The van der Waals surface area contributed by atoms with Gasteiger partial charge in [-0.05, 0) is 93.9 Å². The normalized spacial score (nSPS) is 30.4. The molecule has 0 N–H and O–H groups in total. The van der Waals surface area contributed by atoms with Gasteiger partial charge in [-0.15, -0.1) is 11.1 Å². The van der Waals surface area contributed by atoms with Crippen LogP contribution in [0.3, 0.4) is 0 Å². The van der Waals surface area contributed by atoms with E-state index in [1.54, 1.807) is 0 Å². The second kappa shape index (κ2) is 10.2. The SMILES string of the molecule is CC1(C)CCCC(C)(C)N1CN1C(C)(C)CCCC1(C)C.CC1(C)CCCC(C)(C)[N-]1.[Li+]. The Balaban J connectivity index is 0.000000393. The summed E-state index contributed by atoms with van der Waals surface area (Å²) in [7, 11) is 0. The van der Waals surface area contributed by atoms with Gasteiger partial charge in [-0.2, -0.15) is 0 Å². The van der Waals surface area contributed by atoms with Crippen LogP contribution in [0.15, 0.2) is 0 Å². The van der Waals surface area contributed by atoms with Gasteiger partial charge in [0.1, 0.15) is 0 Å². The van der Waals surface area contributed by atoms with Crippen LogP contribution in [0.5, 0.6) is 0 Å². The van der Waals surface area contributed by atoms with E-state index in [9.17, 15) is 0 Å². The summed E-state index contributed by atoms with van der Waals surface area (Å²) in [5, 5.41) is 4.75. The summed E-state index contributed by atoms with van der Waals surface area (Å²) in [6.45, 7) is 29.6. The molecule has 0 unspecified atom stereocenters. The molecule has 0 amide bonds. The van der Waals surface area contributed by atoms with E-state index in [0.717, 1.165) is 6.67 Å². The summed E-state index contributed by atoms with van der Waals surface area (Å²) in [4.78, 5) is 5.58. The number of hydrogen-bond donors (Lipinski definition) is 0. The first-order valence-corrected chi connectivity index (χ1v) is 13.1. The van der Waals surface area contributed by atoms with Crippen LogP contribution in [0.2, 0.25) is 0 Å². The zero-order valence-electron chi connectivity index (χ0n) is 24.4. The van der Waals surface area contributed by atoms with Gasteiger partial charge in [0.15, 0.2) is 0 Å². The number of likely N-dealkylation sites (tertiary alicyclic amines) is 2. The third-order valence-electron chi connectivity index (χ3n) is 8.54. The molecule has 3 rings (SSSR count). The predicted octanol–water partition coefficient (Wildman–Crippen LogP) is 5.14. The molecule has 0 radical (unpaired) electrons. The largest absolute Gasteiger partial charge is 1.00 e. The Morgan fingerprint density at radius 1 is 0.469 bits per heavy atom. The van der Waals surface area contributed by atoms with Crippen molar-refractivity contribution in [1.82, 2.24) is 9.80 Å². The van der Waals surface area contributed by atoms with Crippen molar-refractivity contribution < 1.29 is 18.9 Å². The Bertz CT molecular complexity index is 522. The molecule has 0 aromatic heterocycles. The Morgan fingerprint density at radius 3 is 0.938 bits per heavy atom. The summed E-state index contributed by atoms with van der Waals surface area (Å²) in [5.41, 5.74) is 1.72. The number of hydrogen-bond acceptors (Lipinski definition) is 2. The molecule has 4 heteroatoms. The van der Waals surface area contributed by atoms with Gasteiger partial charge in [-0.1, -0.05) is 47.0 Å². The van der Waals surface area contributed by atoms with Gasteiger partial charge >= 0.3 is 18.9 Å². The molecule has 0 atom stereocenters. The van der Waals surface area contributed by atoms with Crippen molar-refractivity contribution in [2.75, 3.05) is 6.67 Å². The van der Waals surface area contributed by atoms with Gasteiger partial charge in [0.2, 0.25) is 0 Å². The van der Waals surface area contributed by atoms with Gasteiger partial charge in [0.25, 0.3) is 0 Å². The minimum absolute atomic E-state index is 0. The fourth-order valence-corrected chi connectivity index (χ4v) is 6.88. The smallest absolute Gasteiger partial charge is 0.652 e. The Hall–Kier alpha value is 0.477. The standard InChI is InChI=1S/C19H38N2.C9H18N.Li/c1-16(2)11-9-12-17(3,4)20(16)15-21-18(5,6)13-10-14-19(21,7)8;1-8(2)6-5-7-9(3,4)10-8;/h9-15H2,1-8H3;5-7H2,1-4H3;/q;-1;+1. The third kappa shape index (κ3) is 7.74. The molecule has 0 saturated carbocycles. The maximum Gasteiger partial charge on any atom is 1.00 e.